The van der Waals surface area contributed by atoms with Gasteiger partial charge in [0.05, 0.1) is 34.3 Å². The van der Waals surface area contributed by atoms with Crippen molar-refractivity contribution in [1.82, 2.24) is 9.80 Å². The van der Waals surface area contributed by atoms with Crippen LogP contribution in [0.5, 0.6) is 5.75 Å². The highest BCUT2D eigenvalue weighted by Gasteiger charge is 2.29. The van der Waals surface area contributed by atoms with Gasteiger partial charge in [0.1, 0.15) is 5.75 Å². The summed E-state index contributed by atoms with van der Waals surface area (Å²) < 4.78 is 5.19. The normalized spacial score (nSPS) is 15.3. The number of carbonyl (C=O) groups excluding carboxylic acids is 2. The fourth-order valence-electron chi connectivity index (χ4n) is 3.43. The summed E-state index contributed by atoms with van der Waals surface area (Å²) in [6.07, 6.45) is 0. The molecule has 1 atom stereocenters. The van der Waals surface area contributed by atoms with E-state index in [9.17, 15) is 19.7 Å². The number of ether oxygens (including phenoxy) is 1. The minimum atomic E-state index is -0.534. The maximum absolute atomic E-state index is 12.8. The second kappa shape index (κ2) is 9.76. The summed E-state index contributed by atoms with van der Waals surface area (Å²) in [6, 6.07) is 10.4. The van der Waals surface area contributed by atoms with E-state index in [0.29, 0.717) is 42.5 Å². The molecule has 0 bridgehead atoms. The Morgan fingerprint density at radius 1 is 1.16 bits per heavy atom. The summed E-state index contributed by atoms with van der Waals surface area (Å²) in [4.78, 5) is 39.6. The van der Waals surface area contributed by atoms with Crippen LogP contribution >= 0.6 is 11.6 Å². The Kier molecular flexibility index (Phi) is 7.09. The van der Waals surface area contributed by atoms with E-state index < -0.39 is 11.0 Å². The number of methoxy groups -OCH3 is 1. The Morgan fingerprint density at radius 3 is 2.45 bits per heavy atom. The second-order valence-electron chi connectivity index (χ2n) is 7.11. The molecule has 1 N–H and O–H groups in total. The number of nitro groups is 1. The third kappa shape index (κ3) is 5.12. The van der Waals surface area contributed by atoms with Gasteiger partial charge < -0.3 is 15.0 Å². The molecular formula is C21H23ClN4O5. The third-order valence-electron chi connectivity index (χ3n) is 5.28. The number of nitrogens with zero attached hydrogens (tertiary/aromatic N) is 3. The summed E-state index contributed by atoms with van der Waals surface area (Å²) >= 11 is 6.13. The first-order valence-corrected chi connectivity index (χ1v) is 10.1. The molecule has 3 rings (SSSR count). The van der Waals surface area contributed by atoms with E-state index in [2.05, 4.69) is 5.32 Å². The van der Waals surface area contributed by atoms with Gasteiger partial charge >= 0.3 is 0 Å². The van der Waals surface area contributed by atoms with Gasteiger partial charge in [0.25, 0.3) is 11.6 Å². The van der Waals surface area contributed by atoms with Crippen molar-refractivity contribution in [1.29, 1.82) is 0 Å². The van der Waals surface area contributed by atoms with Crippen LogP contribution in [0.25, 0.3) is 0 Å². The predicted molar refractivity (Wildman–Crippen MR) is 117 cm³/mol. The van der Waals surface area contributed by atoms with Crippen molar-refractivity contribution < 1.29 is 19.2 Å². The number of halogens is 1. The Balaban J connectivity index is 1.62. The zero-order valence-corrected chi connectivity index (χ0v) is 18.0. The molecule has 1 saturated heterocycles. The molecule has 31 heavy (non-hydrogen) atoms. The zero-order chi connectivity index (χ0) is 22.5. The predicted octanol–water partition coefficient (Wildman–Crippen LogP) is 3.04. The molecule has 1 aliphatic heterocycles. The third-order valence-corrected chi connectivity index (χ3v) is 5.61. The molecule has 2 amide bonds. The van der Waals surface area contributed by atoms with Crippen molar-refractivity contribution in [2.45, 2.75) is 13.0 Å². The van der Waals surface area contributed by atoms with Crippen LogP contribution in [0.1, 0.15) is 17.3 Å². The number of carbonyl (C=O) groups is 2. The van der Waals surface area contributed by atoms with Crippen molar-refractivity contribution in [2.75, 3.05) is 38.6 Å². The smallest absolute Gasteiger partial charge is 0.271 e. The van der Waals surface area contributed by atoms with E-state index in [4.69, 9.17) is 16.3 Å². The molecule has 2 aromatic carbocycles. The molecule has 1 aliphatic rings. The maximum atomic E-state index is 12.8. The Morgan fingerprint density at radius 2 is 1.84 bits per heavy atom. The van der Waals surface area contributed by atoms with Crippen molar-refractivity contribution >= 4 is 34.8 Å². The van der Waals surface area contributed by atoms with Crippen LogP contribution in [-0.2, 0) is 4.79 Å². The van der Waals surface area contributed by atoms with Gasteiger partial charge in [-0.2, -0.15) is 0 Å². The largest absolute Gasteiger partial charge is 0.495 e. The van der Waals surface area contributed by atoms with Gasteiger partial charge in [0.2, 0.25) is 5.91 Å². The van der Waals surface area contributed by atoms with Crippen molar-refractivity contribution in [3.05, 3.63) is 63.2 Å². The van der Waals surface area contributed by atoms with Crippen LogP contribution in [0.2, 0.25) is 5.02 Å². The zero-order valence-electron chi connectivity index (χ0n) is 17.2. The lowest BCUT2D eigenvalue weighted by Gasteiger charge is -2.37. The fraction of sp³-hybridized carbons (Fsp3) is 0.333. The van der Waals surface area contributed by atoms with E-state index in [1.165, 1.54) is 25.3 Å². The highest BCUT2D eigenvalue weighted by Crippen LogP contribution is 2.29. The SMILES string of the molecule is COc1ccc([N+](=O)[O-])cc1NC(=O)C(C)N1CCN(C(=O)c2ccccc2Cl)CC1. The van der Waals surface area contributed by atoms with Crippen molar-refractivity contribution in [2.24, 2.45) is 0 Å². The molecule has 1 fully saturated rings. The fourth-order valence-corrected chi connectivity index (χ4v) is 3.64. The topological polar surface area (TPSA) is 105 Å². The highest BCUT2D eigenvalue weighted by atomic mass is 35.5. The van der Waals surface area contributed by atoms with Gasteiger partial charge in [-0.25, -0.2) is 0 Å². The number of nitro benzene ring substituents is 1. The van der Waals surface area contributed by atoms with Crippen LogP contribution in [0.4, 0.5) is 11.4 Å². The molecule has 9 nitrogen and oxygen atoms in total. The number of benzene rings is 2. The summed E-state index contributed by atoms with van der Waals surface area (Å²) in [5.74, 6) is -0.116. The van der Waals surface area contributed by atoms with Crippen LogP contribution in [-0.4, -0.2) is 65.9 Å². The molecule has 164 valence electrons. The minimum Gasteiger partial charge on any atom is -0.495 e. The van der Waals surface area contributed by atoms with Crippen LogP contribution < -0.4 is 10.1 Å². The molecule has 0 saturated carbocycles. The van der Waals surface area contributed by atoms with E-state index in [1.807, 2.05) is 4.90 Å². The Hall–Kier alpha value is -3.17. The Labute approximate surface area is 184 Å². The number of nitrogens with one attached hydrogen (secondary N) is 1. The minimum absolute atomic E-state index is 0.135. The number of hydrogen-bond donors (Lipinski definition) is 1. The second-order valence-corrected chi connectivity index (χ2v) is 7.52. The first kappa shape index (κ1) is 22.5. The number of amides is 2. The number of non-ortho nitro benzene ring substituents is 1. The summed E-state index contributed by atoms with van der Waals surface area (Å²) in [6.45, 7) is 3.70. The van der Waals surface area contributed by atoms with Crippen molar-refractivity contribution in [3.63, 3.8) is 0 Å². The van der Waals surface area contributed by atoms with Crippen LogP contribution in [0, 0.1) is 10.1 Å². The molecule has 10 heteroatoms. The molecule has 0 spiro atoms. The van der Waals surface area contributed by atoms with Gasteiger partial charge in [-0.15, -0.1) is 0 Å². The average Bonchev–Trinajstić information content (AvgIpc) is 2.78. The lowest BCUT2D eigenvalue weighted by atomic mass is 10.1. The lowest BCUT2D eigenvalue weighted by molar-refractivity contribution is -0.384. The van der Waals surface area contributed by atoms with Gasteiger partial charge in [-0.1, -0.05) is 23.7 Å². The quantitative estimate of drug-likeness (QED) is 0.540. The monoisotopic (exact) mass is 446 g/mol. The molecule has 0 aliphatic carbocycles. The standard InChI is InChI=1S/C21H23ClN4O5/c1-14(20(27)23-18-13-15(26(29)30)7-8-19(18)31-2)24-9-11-25(12-10-24)21(28)16-5-3-4-6-17(16)22/h3-8,13-14H,9-12H2,1-2H3,(H,23,27). The number of rotatable bonds is 6. The maximum Gasteiger partial charge on any atom is 0.271 e. The summed E-state index contributed by atoms with van der Waals surface area (Å²) in [7, 11) is 1.43. The Bertz CT molecular complexity index is 991. The van der Waals surface area contributed by atoms with Crippen LogP contribution in [0.3, 0.4) is 0 Å². The molecule has 1 heterocycles. The first-order chi connectivity index (χ1) is 14.8. The van der Waals surface area contributed by atoms with E-state index in [1.54, 1.807) is 36.1 Å². The molecule has 2 aromatic rings. The summed E-state index contributed by atoms with van der Waals surface area (Å²) in [5, 5.41) is 14.2. The highest BCUT2D eigenvalue weighted by molar-refractivity contribution is 6.33. The van der Waals surface area contributed by atoms with Crippen molar-refractivity contribution in [3.8, 4) is 5.75 Å². The van der Waals surface area contributed by atoms with E-state index in [0.717, 1.165) is 0 Å². The molecule has 0 radical (unpaired) electrons. The average molecular weight is 447 g/mol. The lowest BCUT2D eigenvalue weighted by Crippen LogP contribution is -2.54. The van der Waals surface area contributed by atoms with E-state index >= 15 is 0 Å². The molecular weight excluding hydrogens is 424 g/mol. The molecule has 0 aromatic heterocycles. The number of piperazine rings is 1. The van der Waals surface area contributed by atoms with E-state index in [-0.39, 0.29) is 23.2 Å². The summed E-state index contributed by atoms with van der Waals surface area (Å²) in [5.41, 5.74) is 0.553. The van der Waals surface area contributed by atoms with Crippen LogP contribution in [0.15, 0.2) is 42.5 Å². The number of hydrogen-bond acceptors (Lipinski definition) is 6. The molecule has 1 unspecified atom stereocenters. The van der Waals surface area contributed by atoms with Gasteiger partial charge in [-0.3, -0.25) is 24.6 Å². The number of anilines is 1. The van der Waals surface area contributed by atoms with Gasteiger partial charge in [0.15, 0.2) is 0 Å². The van der Waals surface area contributed by atoms with Gasteiger partial charge in [-0.05, 0) is 25.1 Å². The first-order valence-electron chi connectivity index (χ1n) is 9.73. The van der Waals surface area contributed by atoms with Gasteiger partial charge in [0, 0.05) is 38.3 Å².